The molecule has 5 rings (SSSR count). The first kappa shape index (κ1) is 23.9. The predicted octanol–water partition coefficient (Wildman–Crippen LogP) is 3.47. The van der Waals surface area contributed by atoms with Crippen LogP contribution in [0.5, 0.6) is 5.75 Å². The van der Waals surface area contributed by atoms with Crippen LogP contribution in [0.4, 0.5) is 5.69 Å². The summed E-state index contributed by atoms with van der Waals surface area (Å²) in [6.45, 7) is 6.49. The van der Waals surface area contributed by atoms with Gasteiger partial charge in [-0.2, -0.15) is 5.26 Å². The van der Waals surface area contributed by atoms with Crippen molar-refractivity contribution in [3.8, 4) is 11.8 Å². The minimum atomic E-state index is -0.968. The predicted molar refractivity (Wildman–Crippen MR) is 133 cm³/mol. The first-order chi connectivity index (χ1) is 17.1. The maximum Gasteiger partial charge on any atom is 0.255 e. The van der Waals surface area contributed by atoms with Crippen LogP contribution in [0, 0.1) is 16.7 Å². The number of nitrogens with zero attached hydrogens (tertiary/aromatic N) is 3. The molecule has 3 atom stereocenters. The van der Waals surface area contributed by atoms with Gasteiger partial charge in [0.05, 0.1) is 18.6 Å². The van der Waals surface area contributed by atoms with E-state index in [-0.39, 0.29) is 36.1 Å². The lowest BCUT2D eigenvalue weighted by molar-refractivity contribution is -0.137. The smallest absolute Gasteiger partial charge is 0.255 e. The maximum absolute atomic E-state index is 14.2. The van der Waals surface area contributed by atoms with Crippen LogP contribution in [-0.2, 0) is 21.5 Å². The molecule has 0 radical (unpaired) electrons. The highest BCUT2D eigenvalue weighted by atomic mass is 16.5. The molecule has 3 amide bonds. The molecule has 3 aliphatic rings. The molecule has 1 fully saturated rings. The molecular formula is C28H30N4O4. The number of ether oxygens (including phenoxy) is 1. The molecule has 0 bridgehead atoms. The lowest BCUT2D eigenvalue weighted by Crippen LogP contribution is -2.52. The first-order valence-corrected chi connectivity index (χ1v) is 12.2. The molecule has 3 aliphatic heterocycles. The van der Waals surface area contributed by atoms with Gasteiger partial charge >= 0.3 is 0 Å². The number of hydrogen-bond acceptors (Lipinski definition) is 5. The number of para-hydroxylation sites is 1. The monoisotopic (exact) mass is 486 g/mol. The van der Waals surface area contributed by atoms with E-state index in [9.17, 15) is 19.6 Å². The van der Waals surface area contributed by atoms with E-state index >= 15 is 0 Å². The van der Waals surface area contributed by atoms with E-state index in [0.29, 0.717) is 24.3 Å². The number of carbonyl (C=O) groups is 3. The van der Waals surface area contributed by atoms with Crippen LogP contribution in [0.15, 0.2) is 42.5 Å². The Morgan fingerprint density at radius 1 is 1.25 bits per heavy atom. The Bertz CT molecular complexity index is 1310. The zero-order valence-corrected chi connectivity index (χ0v) is 21.0. The number of likely N-dealkylation sites (tertiary alicyclic amines) is 1. The number of nitriles is 1. The van der Waals surface area contributed by atoms with Crippen LogP contribution in [-0.4, -0.2) is 53.3 Å². The zero-order chi connectivity index (χ0) is 25.8. The summed E-state index contributed by atoms with van der Waals surface area (Å²) in [6.07, 6.45) is 0.652. The van der Waals surface area contributed by atoms with Crippen molar-refractivity contribution in [2.24, 2.45) is 5.41 Å². The van der Waals surface area contributed by atoms with E-state index in [2.05, 4.69) is 11.4 Å². The summed E-state index contributed by atoms with van der Waals surface area (Å²) in [5.41, 5.74) is 1.67. The van der Waals surface area contributed by atoms with Gasteiger partial charge in [0.2, 0.25) is 11.8 Å². The molecule has 0 unspecified atom stereocenters. The highest BCUT2D eigenvalue weighted by Crippen LogP contribution is 2.47. The quantitative estimate of drug-likeness (QED) is 0.713. The average molecular weight is 487 g/mol. The van der Waals surface area contributed by atoms with Crippen molar-refractivity contribution >= 4 is 23.4 Å². The van der Waals surface area contributed by atoms with Gasteiger partial charge in [0, 0.05) is 30.8 Å². The van der Waals surface area contributed by atoms with Gasteiger partial charge in [0.25, 0.3) is 5.91 Å². The molecule has 1 saturated heterocycles. The van der Waals surface area contributed by atoms with Crippen molar-refractivity contribution in [3.63, 3.8) is 0 Å². The average Bonchev–Trinajstić information content (AvgIpc) is 3.49. The fraction of sp³-hybridized carbons (Fsp3) is 0.429. The van der Waals surface area contributed by atoms with Gasteiger partial charge < -0.3 is 19.9 Å². The van der Waals surface area contributed by atoms with Crippen molar-refractivity contribution in [1.29, 1.82) is 5.26 Å². The highest BCUT2D eigenvalue weighted by Gasteiger charge is 2.57. The van der Waals surface area contributed by atoms with Crippen LogP contribution in [0.3, 0.4) is 0 Å². The lowest BCUT2D eigenvalue weighted by atomic mass is 9.80. The molecule has 8 nitrogen and oxygen atoms in total. The Labute approximate surface area is 210 Å². The fourth-order valence-electron chi connectivity index (χ4n) is 5.77. The molecule has 3 heterocycles. The normalized spacial score (nSPS) is 23.4. The van der Waals surface area contributed by atoms with E-state index in [1.165, 1.54) is 4.90 Å². The summed E-state index contributed by atoms with van der Waals surface area (Å²) in [5, 5.41) is 12.9. The fourth-order valence-corrected chi connectivity index (χ4v) is 5.77. The van der Waals surface area contributed by atoms with Crippen molar-refractivity contribution in [1.82, 2.24) is 9.80 Å². The number of hydrogen-bond donors (Lipinski definition) is 1. The molecule has 0 aliphatic carbocycles. The third-order valence-electron chi connectivity index (χ3n) is 7.53. The largest absolute Gasteiger partial charge is 0.497 e. The number of methoxy groups -OCH3 is 1. The molecule has 2 aromatic carbocycles. The Kier molecular flexibility index (Phi) is 5.55. The van der Waals surface area contributed by atoms with E-state index in [1.54, 1.807) is 18.1 Å². The minimum absolute atomic E-state index is 0.107. The number of anilines is 1. The number of carbonyl (C=O) groups excluding carboxylic acids is 3. The molecule has 0 aromatic heterocycles. The van der Waals surface area contributed by atoms with Gasteiger partial charge in [-0.25, -0.2) is 0 Å². The van der Waals surface area contributed by atoms with Crippen LogP contribution in [0.1, 0.15) is 55.1 Å². The number of benzene rings is 2. The molecule has 0 saturated carbocycles. The highest BCUT2D eigenvalue weighted by molar-refractivity contribution is 6.07. The van der Waals surface area contributed by atoms with E-state index in [0.717, 1.165) is 16.8 Å². The van der Waals surface area contributed by atoms with Gasteiger partial charge in [0.1, 0.15) is 17.8 Å². The van der Waals surface area contributed by atoms with E-state index in [1.807, 2.05) is 57.2 Å². The Morgan fingerprint density at radius 3 is 2.69 bits per heavy atom. The summed E-state index contributed by atoms with van der Waals surface area (Å²) in [7, 11) is 1.55. The summed E-state index contributed by atoms with van der Waals surface area (Å²) in [4.78, 5) is 44.0. The minimum Gasteiger partial charge on any atom is -0.497 e. The number of fused-ring (bicyclic) bond motifs is 3. The lowest BCUT2D eigenvalue weighted by Gasteiger charge is -2.35. The topological polar surface area (TPSA) is 103 Å². The van der Waals surface area contributed by atoms with Crippen LogP contribution in [0.2, 0.25) is 0 Å². The molecule has 2 aromatic rings. The third-order valence-corrected chi connectivity index (χ3v) is 7.53. The zero-order valence-electron chi connectivity index (χ0n) is 21.0. The molecule has 1 spiro atoms. The maximum atomic E-state index is 14.2. The molecule has 1 N–H and O–H groups in total. The van der Waals surface area contributed by atoms with Crippen molar-refractivity contribution < 1.29 is 19.1 Å². The van der Waals surface area contributed by atoms with Gasteiger partial charge in [-0.15, -0.1) is 0 Å². The number of nitrogens with one attached hydrogen (secondary N) is 1. The molecular weight excluding hydrogens is 456 g/mol. The van der Waals surface area contributed by atoms with Gasteiger partial charge in [-0.1, -0.05) is 45.0 Å². The number of rotatable bonds is 4. The van der Waals surface area contributed by atoms with Crippen LogP contribution >= 0.6 is 0 Å². The Balaban J connectivity index is 1.50. The molecule has 186 valence electrons. The van der Waals surface area contributed by atoms with Gasteiger partial charge in [0.15, 0.2) is 0 Å². The van der Waals surface area contributed by atoms with E-state index < -0.39 is 17.5 Å². The Hall–Kier alpha value is -3.86. The first-order valence-electron chi connectivity index (χ1n) is 12.2. The second-order valence-corrected chi connectivity index (χ2v) is 11.1. The van der Waals surface area contributed by atoms with Gasteiger partial charge in [-0.3, -0.25) is 14.4 Å². The SMILES string of the molecule is COc1ccc2c(c1)C(=O)N([C@@H](CC(C)(C)C)C(=O)N1C[C@]3(C[C@H]1C#N)C(=O)Nc1ccccc13)C2. The summed E-state index contributed by atoms with van der Waals surface area (Å²) in [5.74, 6) is -0.125. The summed E-state index contributed by atoms with van der Waals surface area (Å²) in [6, 6.07) is 13.5. The molecule has 8 heteroatoms. The Morgan fingerprint density at radius 2 is 2.00 bits per heavy atom. The second-order valence-electron chi connectivity index (χ2n) is 11.1. The standard InChI is InChI=1S/C28H30N4O4/c1-27(2,3)13-23(31-15-17-9-10-19(36-4)11-20(17)24(31)33)25(34)32-16-28(12-18(32)14-29)21-7-5-6-8-22(21)30-26(28)35/h5-11,18,23H,12-13,15-16H2,1-4H3,(H,30,35)/t18-,23-,28-/m0/s1. The van der Waals surface area contributed by atoms with Crippen LogP contribution in [0.25, 0.3) is 0 Å². The van der Waals surface area contributed by atoms with Gasteiger partial charge in [-0.05, 0) is 41.2 Å². The second kappa shape index (κ2) is 8.37. The summed E-state index contributed by atoms with van der Waals surface area (Å²) < 4.78 is 5.29. The van der Waals surface area contributed by atoms with Crippen molar-refractivity contribution in [2.75, 3.05) is 19.0 Å². The van der Waals surface area contributed by atoms with Crippen LogP contribution < -0.4 is 10.1 Å². The van der Waals surface area contributed by atoms with E-state index in [4.69, 9.17) is 4.74 Å². The summed E-state index contributed by atoms with van der Waals surface area (Å²) >= 11 is 0. The van der Waals surface area contributed by atoms with Crippen molar-refractivity contribution in [2.45, 2.75) is 57.7 Å². The third kappa shape index (κ3) is 3.70. The molecule has 36 heavy (non-hydrogen) atoms. The number of amides is 3. The van der Waals surface area contributed by atoms with Crippen molar-refractivity contribution in [3.05, 3.63) is 59.2 Å².